The van der Waals surface area contributed by atoms with E-state index < -0.39 is 29.6 Å². The molecule has 0 fully saturated rings. The Kier molecular flexibility index (Phi) is 8.52. The van der Waals surface area contributed by atoms with Crippen molar-refractivity contribution in [3.05, 3.63) is 88.0 Å². The molecular formula is C26H28F3N3O4. The molecule has 0 spiro atoms. The first-order valence-corrected chi connectivity index (χ1v) is 11.2. The Hall–Kier alpha value is -3.66. The molecule has 1 aromatic heterocycles. The highest BCUT2D eigenvalue weighted by Gasteiger charge is 2.39. The molecular weight excluding hydrogens is 475 g/mol. The van der Waals surface area contributed by atoms with Crippen LogP contribution in [0.15, 0.2) is 71.3 Å². The smallest absolute Gasteiger partial charge is 0.417 e. The molecule has 1 N–H and O–H groups in total. The normalized spacial score (nSPS) is 16.2. The minimum Gasteiger partial charge on any atom is -0.466 e. The second-order valence-corrected chi connectivity index (χ2v) is 8.49. The van der Waals surface area contributed by atoms with Gasteiger partial charge in [0.25, 0.3) is 0 Å². The number of dihydropyridines is 1. The summed E-state index contributed by atoms with van der Waals surface area (Å²) in [6, 6.07) is 10.7. The molecule has 0 amide bonds. The lowest BCUT2D eigenvalue weighted by molar-refractivity contribution is -0.140. The van der Waals surface area contributed by atoms with Crippen molar-refractivity contribution in [3.63, 3.8) is 0 Å². The average Bonchev–Trinajstić information content (AvgIpc) is 2.83. The van der Waals surface area contributed by atoms with Gasteiger partial charge in [-0.15, -0.1) is 0 Å². The third-order valence-corrected chi connectivity index (χ3v) is 5.81. The van der Waals surface area contributed by atoms with Crippen molar-refractivity contribution in [1.29, 1.82) is 0 Å². The van der Waals surface area contributed by atoms with Crippen LogP contribution < -0.4 is 5.32 Å². The number of methoxy groups -OCH3 is 1. The van der Waals surface area contributed by atoms with Crippen LogP contribution in [0.2, 0.25) is 0 Å². The molecule has 7 nitrogen and oxygen atoms in total. The van der Waals surface area contributed by atoms with E-state index in [0.717, 1.165) is 18.7 Å². The first-order chi connectivity index (χ1) is 17.0. The number of carbonyl (C=O) groups excluding carboxylic acids is 2. The summed E-state index contributed by atoms with van der Waals surface area (Å²) in [5.41, 5.74) is 0.894. The van der Waals surface area contributed by atoms with Gasteiger partial charge >= 0.3 is 18.1 Å². The quantitative estimate of drug-likeness (QED) is 0.542. The number of nitrogens with zero attached hydrogens (tertiary/aromatic N) is 2. The van der Waals surface area contributed by atoms with Gasteiger partial charge in [0.1, 0.15) is 6.61 Å². The standard InChI is InChI=1S/C26H28F3N3O4/c1-16-21(24(33)35-4)23(19-12-20(14-30-13-19)26(27,28)29)22(17(2)31-16)25(34)36-11-10-32(3)15-18-8-6-5-7-9-18/h5-9,12-14,23,31H,10-11,15H2,1-4H3. The van der Waals surface area contributed by atoms with E-state index in [2.05, 4.69) is 10.3 Å². The zero-order valence-corrected chi connectivity index (χ0v) is 20.5. The molecule has 0 saturated carbocycles. The van der Waals surface area contributed by atoms with Crippen LogP contribution in [0.1, 0.15) is 36.5 Å². The lowest BCUT2D eigenvalue weighted by Gasteiger charge is -2.30. The van der Waals surface area contributed by atoms with Crippen LogP contribution >= 0.6 is 0 Å². The van der Waals surface area contributed by atoms with Gasteiger partial charge in [0.15, 0.2) is 0 Å². The van der Waals surface area contributed by atoms with Gasteiger partial charge in [0.05, 0.1) is 29.7 Å². The number of carbonyl (C=O) groups is 2. The van der Waals surface area contributed by atoms with Gasteiger partial charge < -0.3 is 14.8 Å². The Morgan fingerprint density at radius 3 is 2.31 bits per heavy atom. The van der Waals surface area contributed by atoms with Gasteiger partial charge in [-0.3, -0.25) is 9.88 Å². The number of pyridine rings is 1. The Morgan fingerprint density at radius 1 is 1.06 bits per heavy atom. The number of alkyl halides is 3. The summed E-state index contributed by atoms with van der Waals surface area (Å²) in [6.07, 6.45) is -2.76. The number of hydrogen-bond donors (Lipinski definition) is 1. The van der Waals surface area contributed by atoms with E-state index in [1.807, 2.05) is 42.3 Å². The highest BCUT2D eigenvalue weighted by atomic mass is 19.4. The molecule has 1 aromatic carbocycles. The van der Waals surface area contributed by atoms with Crippen molar-refractivity contribution in [2.24, 2.45) is 0 Å². The molecule has 1 aliphatic rings. The van der Waals surface area contributed by atoms with E-state index in [4.69, 9.17) is 9.47 Å². The fourth-order valence-corrected chi connectivity index (χ4v) is 4.10. The fraction of sp³-hybridized carbons (Fsp3) is 0.346. The first kappa shape index (κ1) is 26.9. The lowest BCUT2D eigenvalue weighted by Crippen LogP contribution is -2.33. The molecule has 3 rings (SSSR count). The summed E-state index contributed by atoms with van der Waals surface area (Å²) in [7, 11) is 3.04. The number of allylic oxidation sites excluding steroid dienone is 2. The number of benzene rings is 1. The second-order valence-electron chi connectivity index (χ2n) is 8.49. The first-order valence-electron chi connectivity index (χ1n) is 11.2. The minimum absolute atomic E-state index is 0.0115. The number of rotatable bonds is 8. The second kappa shape index (κ2) is 11.4. The molecule has 36 heavy (non-hydrogen) atoms. The Labute approximate surface area is 207 Å². The fourth-order valence-electron chi connectivity index (χ4n) is 4.10. The Morgan fingerprint density at radius 2 is 1.69 bits per heavy atom. The van der Waals surface area contributed by atoms with E-state index in [1.54, 1.807) is 13.8 Å². The number of hydrogen-bond acceptors (Lipinski definition) is 7. The van der Waals surface area contributed by atoms with E-state index in [-0.39, 0.29) is 23.3 Å². The topological polar surface area (TPSA) is 80.8 Å². The number of ether oxygens (including phenoxy) is 2. The van der Waals surface area contributed by atoms with Crippen LogP contribution in [0.25, 0.3) is 0 Å². The van der Waals surface area contributed by atoms with Crippen molar-refractivity contribution in [1.82, 2.24) is 15.2 Å². The van der Waals surface area contributed by atoms with Crippen molar-refractivity contribution < 1.29 is 32.2 Å². The summed E-state index contributed by atoms with van der Waals surface area (Å²) >= 11 is 0. The van der Waals surface area contributed by atoms with Crippen LogP contribution in [0, 0.1) is 0 Å². The zero-order chi connectivity index (χ0) is 26.5. The van der Waals surface area contributed by atoms with Gasteiger partial charge in [0, 0.05) is 36.9 Å². The van der Waals surface area contributed by atoms with Crippen molar-refractivity contribution in [3.8, 4) is 0 Å². The van der Waals surface area contributed by atoms with Crippen LogP contribution in [-0.2, 0) is 31.8 Å². The number of esters is 2. The molecule has 2 heterocycles. The highest BCUT2D eigenvalue weighted by molar-refractivity contribution is 5.99. The van der Waals surface area contributed by atoms with E-state index in [1.165, 1.54) is 6.20 Å². The number of likely N-dealkylation sites (N-methyl/N-ethyl adjacent to an activating group) is 1. The predicted molar refractivity (Wildman–Crippen MR) is 126 cm³/mol. The maximum absolute atomic E-state index is 13.4. The molecule has 1 aliphatic heterocycles. The van der Waals surface area contributed by atoms with Crippen molar-refractivity contribution in [2.45, 2.75) is 32.5 Å². The number of aromatic nitrogens is 1. The molecule has 1 unspecified atom stereocenters. The van der Waals surface area contributed by atoms with Gasteiger partial charge in [-0.05, 0) is 38.1 Å². The van der Waals surface area contributed by atoms with E-state index in [9.17, 15) is 22.8 Å². The molecule has 1 atom stereocenters. The maximum Gasteiger partial charge on any atom is 0.417 e. The summed E-state index contributed by atoms with van der Waals surface area (Å²) in [6.45, 7) is 4.31. The summed E-state index contributed by atoms with van der Waals surface area (Å²) in [5.74, 6) is -2.67. The third kappa shape index (κ3) is 6.31. The van der Waals surface area contributed by atoms with Crippen LogP contribution in [0.4, 0.5) is 13.2 Å². The molecule has 0 bridgehead atoms. The Bertz CT molecular complexity index is 1180. The largest absolute Gasteiger partial charge is 0.466 e. The molecule has 10 heteroatoms. The third-order valence-electron chi connectivity index (χ3n) is 5.81. The number of halogens is 3. The van der Waals surface area contributed by atoms with Gasteiger partial charge in [0.2, 0.25) is 0 Å². The van der Waals surface area contributed by atoms with Crippen molar-refractivity contribution in [2.75, 3.05) is 27.3 Å². The molecule has 192 valence electrons. The lowest BCUT2D eigenvalue weighted by atomic mass is 9.80. The van der Waals surface area contributed by atoms with Crippen LogP contribution in [0.5, 0.6) is 0 Å². The minimum atomic E-state index is -4.65. The van der Waals surface area contributed by atoms with Gasteiger partial charge in [-0.2, -0.15) is 13.2 Å². The molecule has 2 aromatic rings. The van der Waals surface area contributed by atoms with Crippen LogP contribution in [0.3, 0.4) is 0 Å². The average molecular weight is 504 g/mol. The van der Waals surface area contributed by atoms with E-state index >= 15 is 0 Å². The van der Waals surface area contributed by atoms with Gasteiger partial charge in [-0.1, -0.05) is 30.3 Å². The zero-order valence-electron chi connectivity index (χ0n) is 20.5. The SMILES string of the molecule is COC(=O)C1=C(C)NC(C)=C(C(=O)OCCN(C)Cc2ccccc2)C1c1cncc(C(F)(F)F)c1. The molecule has 0 saturated heterocycles. The Balaban J connectivity index is 1.86. The van der Waals surface area contributed by atoms with Crippen LogP contribution in [-0.4, -0.2) is 49.1 Å². The maximum atomic E-state index is 13.4. The summed E-state index contributed by atoms with van der Waals surface area (Å²) in [4.78, 5) is 31.6. The number of nitrogens with one attached hydrogen (secondary N) is 1. The summed E-state index contributed by atoms with van der Waals surface area (Å²) < 4.78 is 50.6. The van der Waals surface area contributed by atoms with E-state index in [0.29, 0.717) is 30.7 Å². The highest BCUT2D eigenvalue weighted by Crippen LogP contribution is 2.40. The molecule has 0 radical (unpaired) electrons. The van der Waals surface area contributed by atoms with Crippen molar-refractivity contribution >= 4 is 11.9 Å². The monoisotopic (exact) mass is 503 g/mol. The summed E-state index contributed by atoms with van der Waals surface area (Å²) in [5, 5.41) is 2.96. The predicted octanol–water partition coefficient (Wildman–Crippen LogP) is 4.18. The molecule has 0 aliphatic carbocycles. The van der Waals surface area contributed by atoms with Gasteiger partial charge in [-0.25, -0.2) is 9.59 Å².